The van der Waals surface area contributed by atoms with Gasteiger partial charge in [0.25, 0.3) is 5.91 Å². The van der Waals surface area contributed by atoms with Crippen LogP contribution in [-0.4, -0.2) is 16.1 Å². The van der Waals surface area contributed by atoms with Gasteiger partial charge in [0.15, 0.2) is 0 Å². The third kappa shape index (κ3) is 2.62. The molecule has 0 spiro atoms. The van der Waals surface area contributed by atoms with E-state index in [1.54, 1.807) is 0 Å². The zero-order valence-electron chi connectivity index (χ0n) is 14.8. The van der Waals surface area contributed by atoms with Gasteiger partial charge in [-0.15, -0.1) is 0 Å². The van der Waals surface area contributed by atoms with Crippen molar-refractivity contribution in [2.75, 3.05) is 4.90 Å². The molecular formula is C23H16ClN3O. The fourth-order valence-corrected chi connectivity index (χ4v) is 3.90. The predicted molar refractivity (Wildman–Crippen MR) is 111 cm³/mol. The quantitative estimate of drug-likeness (QED) is 0.507. The number of para-hydroxylation sites is 1. The summed E-state index contributed by atoms with van der Waals surface area (Å²) in [5.74, 6) is -0.0872. The summed E-state index contributed by atoms with van der Waals surface area (Å²) in [6.45, 7) is 0. The largest absolute Gasteiger partial charge is 0.295 e. The van der Waals surface area contributed by atoms with Gasteiger partial charge in [0.1, 0.15) is 5.69 Å². The van der Waals surface area contributed by atoms with Crippen LogP contribution in [0, 0.1) is 0 Å². The van der Waals surface area contributed by atoms with Crippen LogP contribution in [0.4, 0.5) is 5.69 Å². The first-order chi connectivity index (χ1) is 13.7. The van der Waals surface area contributed by atoms with Crippen molar-refractivity contribution in [3.05, 3.63) is 107 Å². The number of anilines is 1. The minimum Gasteiger partial charge on any atom is -0.295 e. The van der Waals surface area contributed by atoms with Gasteiger partial charge in [-0.3, -0.25) is 14.8 Å². The molecule has 4 nitrogen and oxygen atoms in total. The Morgan fingerprint density at radius 2 is 1.50 bits per heavy atom. The number of aromatic nitrogens is 2. The van der Waals surface area contributed by atoms with E-state index >= 15 is 0 Å². The lowest BCUT2D eigenvalue weighted by atomic mass is 9.96. The third-order valence-corrected chi connectivity index (χ3v) is 5.29. The summed E-state index contributed by atoms with van der Waals surface area (Å²) in [6.07, 6.45) is 0. The highest BCUT2D eigenvalue weighted by Gasteiger charge is 2.42. The monoisotopic (exact) mass is 385 g/mol. The summed E-state index contributed by atoms with van der Waals surface area (Å²) in [5, 5.41) is 8.12. The van der Waals surface area contributed by atoms with Crippen molar-refractivity contribution in [2.45, 2.75) is 6.04 Å². The molecule has 1 unspecified atom stereocenters. The van der Waals surface area contributed by atoms with Gasteiger partial charge in [-0.1, -0.05) is 72.3 Å². The Morgan fingerprint density at radius 1 is 0.857 bits per heavy atom. The van der Waals surface area contributed by atoms with E-state index in [9.17, 15) is 4.79 Å². The number of hydrogen-bond acceptors (Lipinski definition) is 2. The maximum Gasteiger partial charge on any atom is 0.277 e. The normalized spacial score (nSPS) is 15.7. The molecule has 1 aliphatic heterocycles. The average molecular weight is 386 g/mol. The molecule has 3 aromatic carbocycles. The number of benzene rings is 3. The van der Waals surface area contributed by atoms with Crippen LogP contribution < -0.4 is 4.90 Å². The molecule has 136 valence electrons. The Hall–Kier alpha value is -3.37. The Bertz CT molecular complexity index is 1140. The fourth-order valence-electron chi connectivity index (χ4n) is 3.78. The van der Waals surface area contributed by atoms with Gasteiger partial charge in [0, 0.05) is 21.8 Å². The second kappa shape index (κ2) is 6.66. The Morgan fingerprint density at radius 3 is 2.18 bits per heavy atom. The summed E-state index contributed by atoms with van der Waals surface area (Å²) in [6, 6.07) is 27.0. The number of nitrogens with one attached hydrogen (secondary N) is 1. The van der Waals surface area contributed by atoms with E-state index < -0.39 is 0 Å². The smallest absolute Gasteiger partial charge is 0.277 e. The molecule has 2 heterocycles. The summed E-state index contributed by atoms with van der Waals surface area (Å²) >= 11 is 6.11. The lowest BCUT2D eigenvalue weighted by molar-refractivity contribution is 0.0989. The Kier molecular flexibility index (Phi) is 3.99. The maximum absolute atomic E-state index is 13.3. The summed E-state index contributed by atoms with van der Waals surface area (Å²) in [4.78, 5) is 15.1. The molecule has 1 atom stereocenters. The van der Waals surface area contributed by atoms with Crippen molar-refractivity contribution >= 4 is 23.2 Å². The number of halogens is 1. The van der Waals surface area contributed by atoms with Crippen molar-refractivity contribution in [3.63, 3.8) is 0 Å². The molecule has 1 aromatic heterocycles. The van der Waals surface area contributed by atoms with E-state index in [2.05, 4.69) is 10.2 Å². The number of hydrogen-bond donors (Lipinski definition) is 1. The SMILES string of the molecule is O=C1c2[nH]nc(-c3ccccc3)c2C(c2ccc(Cl)cc2)N1c1ccccc1. The van der Waals surface area contributed by atoms with E-state index in [0.717, 1.165) is 28.1 Å². The molecule has 28 heavy (non-hydrogen) atoms. The van der Waals surface area contributed by atoms with Gasteiger partial charge in [-0.25, -0.2) is 0 Å². The van der Waals surface area contributed by atoms with Crippen LogP contribution in [0.15, 0.2) is 84.9 Å². The van der Waals surface area contributed by atoms with E-state index in [-0.39, 0.29) is 11.9 Å². The number of carbonyl (C=O) groups excluding carboxylic acids is 1. The van der Waals surface area contributed by atoms with E-state index in [1.165, 1.54) is 0 Å². The fraction of sp³-hybridized carbons (Fsp3) is 0.0435. The predicted octanol–water partition coefficient (Wildman–Crippen LogP) is 5.48. The molecule has 0 saturated carbocycles. The molecule has 0 saturated heterocycles. The lowest BCUT2D eigenvalue weighted by Crippen LogP contribution is -2.29. The van der Waals surface area contributed by atoms with Crippen molar-refractivity contribution in [3.8, 4) is 11.3 Å². The van der Waals surface area contributed by atoms with Gasteiger partial charge in [0.2, 0.25) is 0 Å². The summed E-state index contributed by atoms with van der Waals surface area (Å²) in [7, 11) is 0. The van der Waals surface area contributed by atoms with Gasteiger partial charge < -0.3 is 0 Å². The van der Waals surface area contributed by atoms with Crippen molar-refractivity contribution < 1.29 is 4.79 Å². The molecule has 0 aliphatic carbocycles. The lowest BCUT2D eigenvalue weighted by Gasteiger charge is -2.26. The van der Waals surface area contributed by atoms with Crippen LogP contribution in [0.3, 0.4) is 0 Å². The van der Waals surface area contributed by atoms with Crippen molar-refractivity contribution in [1.82, 2.24) is 10.2 Å². The number of nitrogens with zero attached hydrogens (tertiary/aromatic N) is 2. The second-order valence-corrected chi connectivity index (χ2v) is 7.13. The first kappa shape index (κ1) is 16.8. The molecule has 1 N–H and O–H groups in total. The number of rotatable bonds is 3. The molecule has 1 amide bonds. The number of aromatic amines is 1. The maximum atomic E-state index is 13.3. The molecule has 5 rings (SSSR count). The number of H-pyrrole nitrogens is 1. The van der Waals surface area contributed by atoms with E-state index in [0.29, 0.717) is 10.7 Å². The molecular weight excluding hydrogens is 370 g/mol. The van der Waals surface area contributed by atoms with Crippen LogP contribution in [0.1, 0.15) is 27.7 Å². The summed E-state index contributed by atoms with van der Waals surface area (Å²) in [5.41, 5.74) is 5.02. The topological polar surface area (TPSA) is 49.0 Å². The number of carbonyl (C=O) groups is 1. The van der Waals surface area contributed by atoms with Crippen LogP contribution in [0.5, 0.6) is 0 Å². The van der Waals surface area contributed by atoms with Crippen molar-refractivity contribution in [2.24, 2.45) is 0 Å². The average Bonchev–Trinajstić information content (AvgIpc) is 3.29. The highest BCUT2D eigenvalue weighted by molar-refractivity contribution is 6.30. The number of amides is 1. The molecule has 4 aromatic rings. The van der Waals surface area contributed by atoms with Gasteiger partial charge in [-0.05, 0) is 29.8 Å². The molecule has 5 heteroatoms. The zero-order valence-corrected chi connectivity index (χ0v) is 15.6. The highest BCUT2D eigenvalue weighted by Crippen LogP contribution is 2.44. The van der Waals surface area contributed by atoms with Gasteiger partial charge in [0.05, 0.1) is 11.7 Å². The Balaban J connectivity index is 1.73. The summed E-state index contributed by atoms with van der Waals surface area (Å²) < 4.78 is 0. The van der Waals surface area contributed by atoms with Crippen molar-refractivity contribution in [1.29, 1.82) is 0 Å². The standard InChI is InChI=1S/C23H16ClN3O/c24-17-13-11-16(12-14-17)22-19-20(15-7-3-1-4-8-15)25-26-21(19)23(28)27(22)18-9-5-2-6-10-18/h1-14,22H,(H,25,26). The van der Waals surface area contributed by atoms with E-state index in [4.69, 9.17) is 11.6 Å². The number of fused-ring (bicyclic) bond motifs is 1. The van der Waals surface area contributed by atoms with Crippen LogP contribution in [-0.2, 0) is 0 Å². The minimum atomic E-state index is -0.281. The first-order valence-electron chi connectivity index (χ1n) is 9.02. The minimum absolute atomic E-state index is 0.0872. The van der Waals surface area contributed by atoms with Crippen LogP contribution in [0.2, 0.25) is 5.02 Å². The zero-order chi connectivity index (χ0) is 19.1. The molecule has 0 bridgehead atoms. The highest BCUT2D eigenvalue weighted by atomic mass is 35.5. The van der Waals surface area contributed by atoms with Crippen LogP contribution in [0.25, 0.3) is 11.3 Å². The third-order valence-electron chi connectivity index (χ3n) is 5.04. The van der Waals surface area contributed by atoms with Gasteiger partial charge >= 0.3 is 0 Å². The first-order valence-corrected chi connectivity index (χ1v) is 9.39. The van der Waals surface area contributed by atoms with Crippen LogP contribution >= 0.6 is 11.6 Å². The van der Waals surface area contributed by atoms with E-state index in [1.807, 2.05) is 89.8 Å². The van der Waals surface area contributed by atoms with Gasteiger partial charge in [-0.2, -0.15) is 5.10 Å². The Labute approximate surface area is 167 Å². The molecule has 1 aliphatic rings. The molecule has 0 fully saturated rings. The molecule has 0 radical (unpaired) electrons. The second-order valence-electron chi connectivity index (χ2n) is 6.69.